The number of likely N-dealkylation sites (tertiary alicyclic amines) is 1. The number of rotatable bonds is 4. The van der Waals surface area contributed by atoms with Gasteiger partial charge in [-0.3, -0.25) is 4.79 Å². The van der Waals surface area contributed by atoms with Gasteiger partial charge < -0.3 is 9.64 Å². The molecule has 1 aliphatic rings. The van der Waals surface area contributed by atoms with Crippen molar-refractivity contribution in [2.75, 3.05) is 26.0 Å². The highest BCUT2D eigenvalue weighted by molar-refractivity contribution is 8.00. The number of benzene rings is 1. The molecule has 17 heavy (non-hydrogen) atoms. The molecule has 0 aliphatic carbocycles. The van der Waals surface area contributed by atoms with Crippen molar-refractivity contribution in [2.45, 2.75) is 17.7 Å². The van der Waals surface area contributed by atoms with Gasteiger partial charge in [-0.2, -0.15) is 0 Å². The summed E-state index contributed by atoms with van der Waals surface area (Å²) in [4.78, 5) is 14.9. The van der Waals surface area contributed by atoms with Crippen LogP contribution in [0.2, 0.25) is 0 Å². The van der Waals surface area contributed by atoms with Gasteiger partial charge in [-0.1, -0.05) is 0 Å². The van der Waals surface area contributed by atoms with Crippen molar-refractivity contribution >= 4 is 17.7 Å². The molecule has 1 fully saturated rings. The summed E-state index contributed by atoms with van der Waals surface area (Å²) in [6.07, 6.45) is 2.30. The number of hydrogen-bond donors (Lipinski definition) is 0. The summed E-state index contributed by atoms with van der Waals surface area (Å²) in [5, 5.41) is 0. The molecule has 1 aliphatic heterocycles. The average molecular weight is 251 g/mol. The summed E-state index contributed by atoms with van der Waals surface area (Å²) in [7, 11) is 1.65. The topological polar surface area (TPSA) is 29.5 Å². The third-order valence-corrected chi connectivity index (χ3v) is 3.88. The molecule has 0 N–H and O–H groups in total. The van der Waals surface area contributed by atoms with Crippen molar-refractivity contribution in [3.63, 3.8) is 0 Å². The summed E-state index contributed by atoms with van der Waals surface area (Å²) in [5.74, 6) is 1.63. The summed E-state index contributed by atoms with van der Waals surface area (Å²) in [6.45, 7) is 1.87. The Morgan fingerprint density at radius 2 is 1.94 bits per heavy atom. The lowest BCUT2D eigenvalue weighted by Gasteiger charge is -2.14. The van der Waals surface area contributed by atoms with E-state index in [9.17, 15) is 4.79 Å². The van der Waals surface area contributed by atoms with Crippen molar-refractivity contribution < 1.29 is 9.53 Å². The maximum absolute atomic E-state index is 11.8. The Morgan fingerprint density at radius 3 is 2.53 bits per heavy atom. The lowest BCUT2D eigenvalue weighted by Crippen LogP contribution is -2.29. The SMILES string of the molecule is COc1ccc(SCC(=O)N2CCCC2)cc1. The minimum absolute atomic E-state index is 0.253. The fourth-order valence-corrected chi connectivity index (χ4v) is 2.68. The molecule has 0 bridgehead atoms. The van der Waals surface area contributed by atoms with Gasteiger partial charge in [0.05, 0.1) is 12.9 Å². The van der Waals surface area contributed by atoms with Crippen LogP contribution in [0.3, 0.4) is 0 Å². The second-order valence-corrected chi connectivity index (χ2v) is 5.10. The van der Waals surface area contributed by atoms with Gasteiger partial charge in [0.1, 0.15) is 5.75 Å². The molecule has 0 unspecified atom stereocenters. The van der Waals surface area contributed by atoms with Gasteiger partial charge in [0.25, 0.3) is 0 Å². The number of amides is 1. The Labute approximate surface area is 106 Å². The predicted octanol–water partition coefficient (Wildman–Crippen LogP) is 2.41. The molecule has 1 amide bonds. The molecule has 3 nitrogen and oxygen atoms in total. The Bertz CT molecular complexity index is 372. The molecular weight excluding hydrogens is 234 g/mol. The van der Waals surface area contributed by atoms with E-state index in [1.807, 2.05) is 29.2 Å². The van der Waals surface area contributed by atoms with Gasteiger partial charge >= 0.3 is 0 Å². The van der Waals surface area contributed by atoms with Crippen LogP contribution in [0.25, 0.3) is 0 Å². The highest BCUT2D eigenvalue weighted by Crippen LogP contribution is 2.22. The molecule has 1 heterocycles. The molecule has 0 saturated carbocycles. The summed E-state index contributed by atoms with van der Waals surface area (Å²) in [5.41, 5.74) is 0. The van der Waals surface area contributed by atoms with E-state index in [0.29, 0.717) is 5.75 Å². The van der Waals surface area contributed by atoms with Crippen LogP contribution in [0.1, 0.15) is 12.8 Å². The zero-order valence-electron chi connectivity index (χ0n) is 10.0. The fourth-order valence-electron chi connectivity index (χ4n) is 1.87. The zero-order valence-corrected chi connectivity index (χ0v) is 10.8. The first-order valence-corrected chi connectivity index (χ1v) is 6.83. The maximum atomic E-state index is 11.8. The van der Waals surface area contributed by atoms with Crippen molar-refractivity contribution in [1.82, 2.24) is 4.90 Å². The number of ether oxygens (including phenoxy) is 1. The van der Waals surface area contributed by atoms with Gasteiger partial charge in [0.2, 0.25) is 5.91 Å². The molecule has 2 rings (SSSR count). The normalized spacial score (nSPS) is 15.0. The quantitative estimate of drug-likeness (QED) is 0.770. The summed E-state index contributed by atoms with van der Waals surface area (Å²) >= 11 is 1.59. The monoisotopic (exact) mass is 251 g/mol. The van der Waals surface area contributed by atoms with Crippen molar-refractivity contribution in [1.29, 1.82) is 0 Å². The molecule has 0 radical (unpaired) electrons. The third kappa shape index (κ3) is 3.40. The Morgan fingerprint density at radius 1 is 1.29 bits per heavy atom. The van der Waals surface area contributed by atoms with E-state index in [-0.39, 0.29) is 5.91 Å². The van der Waals surface area contributed by atoms with E-state index in [1.54, 1.807) is 18.9 Å². The maximum Gasteiger partial charge on any atom is 0.232 e. The van der Waals surface area contributed by atoms with Crippen molar-refractivity contribution in [2.24, 2.45) is 0 Å². The predicted molar refractivity (Wildman–Crippen MR) is 69.5 cm³/mol. The fraction of sp³-hybridized carbons (Fsp3) is 0.462. The lowest BCUT2D eigenvalue weighted by molar-refractivity contribution is -0.127. The van der Waals surface area contributed by atoms with Crippen LogP contribution in [0.5, 0.6) is 5.75 Å². The smallest absolute Gasteiger partial charge is 0.232 e. The largest absolute Gasteiger partial charge is 0.497 e. The first-order chi connectivity index (χ1) is 8.29. The zero-order chi connectivity index (χ0) is 12.1. The number of carbonyl (C=O) groups is 1. The van der Waals surface area contributed by atoms with Crippen LogP contribution in [-0.4, -0.2) is 36.8 Å². The van der Waals surface area contributed by atoms with Gasteiger partial charge in [0, 0.05) is 18.0 Å². The molecule has 1 aromatic carbocycles. The van der Waals surface area contributed by atoms with Gasteiger partial charge in [-0.05, 0) is 37.1 Å². The molecular formula is C13H17NO2S. The van der Waals surface area contributed by atoms with Crippen LogP contribution in [0.4, 0.5) is 0 Å². The second-order valence-electron chi connectivity index (χ2n) is 4.05. The van der Waals surface area contributed by atoms with Crippen molar-refractivity contribution in [3.05, 3.63) is 24.3 Å². The van der Waals surface area contributed by atoms with Gasteiger partial charge in [-0.15, -0.1) is 11.8 Å². The number of carbonyl (C=O) groups excluding carboxylic acids is 1. The van der Waals surface area contributed by atoms with Crippen molar-refractivity contribution in [3.8, 4) is 5.75 Å². The molecule has 0 atom stereocenters. The van der Waals surface area contributed by atoms with E-state index in [1.165, 1.54) is 0 Å². The molecule has 1 aromatic rings. The Hall–Kier alpha value is -1.16. The Kier molecular flexibility index (Phi) is 4.31. The van der Waals surface area contributed by atoms with Gasteiger partial charge in [-0.25, -0.2) is 0 Å². The summed E-state index contributed by atoms with van der Waals surface area (Å²) in [6, 6.07) is 7.81. The molecule has 92 valence electrons. The highest BCUT2D eigenvalue weighted by atomic mass is 32.2. The number of hydrogen-bond acceptors (Lipinski definition) is 3. The van der Waals surface area contributed by atoms with Crippen LogP contribution >= 0.6 is 11.8 Å². The van der Waals surface area contributed by atoms with E-state index >= 15 is 0 Å². The number of nitrogens with zero attached hydrogens (tertiary/aromatic N) is 1. The first-order valence-electron chi connectivity index (χ1n) is 5.84. The minimum atomic E-state index is 0.253. The third-order valence-electron chi connectivity index (χ3n) is 2.88. The molecule has 0 spiro atoms. The minimum Gasteiger partial charge on any atom is -0.497 e. The molecule has 1 saturated heterocycles. The van der Waals surface area contributed by atoms with Crippen LogP contribution in [-0.2, 0) is 4.79 Å². The molecule has 0 aromatic heterocycles. The number of thioether (sulfide) groups is 1. The second kappa shape index (κ2) is 5.96. The van der Waals surface area contributed by atoms with E-state index in [0.717, 1.165) is 36.6 Å². The lowest BCUT2D eigenvalue weighted by atomic mass is 10.3. The van der Waals surface area contributed by atoms with E-state index < -0.39 is 0 Å². The van der Waals surface area contributed by atoms with E-state index in [2.05, 4.69) is 0 Å². The van der Waals surface area contributed by atoms with Crippen LogP contribution < -0.4 is 4.74 Å². The Balaban J connectivity index is 1.82. The number of methoxy groups -OCH3 is 1. The highest BCUT2D eigenvalue weighted by Gasteiger charge is 2.17. The summed E-state index contributed by atoms with van der Waals surface area (Å²) < 4.78 is 5.09. The average Bonchev–Trinajstić information content (AvgIpc) is 2.90. The van der Waals surface area contributed by atoms with Gasteiger partial charge in [0.15, 0.2) is 0 Å². The van der Waals surface area contributed by atoms with E-state index in [4.69, 9.17) is 4.74 Å². The molecule has 4 heteroatoms. The van der Waals surface area contributed by atoms with Crippen LogP contribution in [0.15, 0.2) is 29.2 Å². The van der Waals surface area contributed by atoms with Crippen LogP contribution in [0, 0.1) is 0 Å². The first kappa shape index (κ1) is 12.3. The standard InChI is InChI=1S/C13H17NO2S/c1-16-11-4-6-12(7-5-11)17-10-13(15)14-8-2-3-9-14/h4-7H,2-3,8-10H2,1H3.